The summed E-state index contributed by atoms with van der Waals surface area (Å²) in [5.41, 5.74) is 3.05. The number of nitrogens with zero attached hydrogens (tertiary/aromatic N) is 6. The second-order valence-corrected chi connectivity index (χ2v) is 11.2. The Kier molecular flexibility index (Phi) is 9.06. The number of piperidine rings is 1. The Morgan fingerprint density at radius 1 is 0.950 bits per heavy atom. The molecule has 2 saturated heterocycles. The van der Waals surface area contributed by atoms with Gasteiger partial charge in [0, 0.05) is 69.2 Å². The third kappa shape index (κ3) is 6.33. The Morgan fingerprint density at radius 2 is 1.65 bits per heavy atom. The molecule has 1 amide bonds. The molecule has 0 unspecified atom stereocenters. The van der Waals surface area contributed by atoms with E-state index in [1.54, 1.807) is 19.3 Å². The normalized spacial score (nSPS) is 19.8. The highest BCUT2D eigenvalue weighted by Gasteiger charge is 2.27. The highest BCUT2D eigenvalue weighted by molar-refractivity contribution is 6.02. The van der Waals surface area contributed by atoms with E-state index in [0.29, 0.717) is 23.3 Å². The summed E-state index contributed by atoms with van der Waals surface area (Å²) in [6, 6.07) is 2.69. The number of allylic oxidation sites excluding steroid dienone is 2. The van der Waals surface area contributed by atoms with Crippen LogP contribution in [0.5, 0.6) is 0 Å². The highest BCUT2D eigenvalue weighted by Crippen LogP contribution is 2.35. The van der Waals surface area contributed by atoms with Gasteiger partial charge >= 0.3 is 0 Å². The minimum Gasteiger partial charge on any atom is -0.355 e. The number of aromatic nitrogens is 3. The number of Topliss-reactive ketones (excluding diaryl/α,β-unsaturated/α-hetero) is 1. The molecule has 0 atom stereocenters. The maximum atomic E-state index is 12.3. The standard InChI is InChI=1S/C30H42N8O2/c1-21(23(3)40)22(2)26-17-32-28(16-27(26)38(20-39)25-6-4-5-7-25)35-29-18-34-30(19-33-29)37-12-8-24(9-13-37)36-14-10-31-11-15-36/h16-20,24-25,31H,4-15H2,1-3H3,(H,32,33,35)/b22-21+. The van der Waals surface area contributed by atoms with Crippen LogP contribution in [-0.4, -0.2) is 83.4 Å². The molecule has 10 nitrogen and oxygen atoms in total. The SMILES string of the molecule is CC(=O)/C(C)=C(\C)c1cnc(Nc2cnc(N3CCC(N4CCNCC4)CC3)cn2)cc1N(C=O)C1CCCC1. The number of rotatable bonds is 9. The average molecular weight is 547 g/mol. The van der Waals surface area contributed by atoms with Gasteiger partial charge in [0.05, 0.1) is 18.1 Å². The molecule has 0 bridgehead atoms. The molecule has 3 fully saturated rings. The van der Waals surface area contributed by atoms with Crippen molar-refractivity contribution in [1.29, 1.82) is 0 Å². The number of nitrogens with one attached hydrogen (secondary N) is 2. The lowest BCUT2D eigenvalue weighted by Gasteiger charge is -2.40. The van der Waals surface area contributed by atoms with Crippen LogP contribution in [0.4, 0.5) is 23.1 Å². The van der Waals surface area contributed by atoms with E-state index in [-0.39, 0.29) is 11.8 Å². The second-order valence-electron chi connectivity index (χ2n) is 11.2. The van der Waals surface area contributed by atoms with Gasteiger partial charge in [-0.15, -0.1) is 0 Å². The van der Waals surface area contributed by atoms with Crippen molar-refractivity contribution < 1.29 is 9.59 Å². The fourth-order valence-corrected chi connectivity index (χ4v) is 6.19. The Balaban J connectivity index is 1.31. The van der Waals surface area contributed by atoms with E-state index >= 15 is 0 Å². The molecule has 4 heterocycles. The molecule has 0 aromatic carbocycles. The van der Waals surface area contributed by atoms with E-state index in [0.717, 1.165) is 107 Å². The zero-order valence-electron chi connectivity index (χ0n) is 24.0. The van der Waals surface area contributed by atoms with Crippen LogP contribution in [-0.2, 0) is 9.59 Å². The Hall–Kier alpha value is -3.37. The molecule has 0 spiro atoms. The van der Waals surface area contributed by atoms with Crippen molar-refractivity contribution in [1.82, 2.24) is 25.2 Å². The first-order valence-corrected chi connectivity index (χ1v) is 14.7. The van der Waals surface area contributed by atoms with Gasteiger partial charge in [-0.1, -0.05) is 12.8 Å². The lowest BCUT2D eigenvalue weighted by molar-refractivity contribution is -0.113. The van der Waals surface area contributed by atoms with Gasteiger partial charge in [0.2, 0.25) is 6.41 Å². The number of hydrogen-bond donors (Lipinski definition) is 2. The molecule has 40 heavy (non-hydrogen) atoms. The number of carbonyl (C=O) groups excluding carboxylic acids is 2. The summed E-state index contributed by atoms with van der Waals surface area (Å²) in [5.74, 6) is 2.07. The van der Waals surface area contributed by atoms with Crippen molar-refractivity contribution in [2.45, 2.75) is 71.4 Å². The number of ketones is 1. The number of amides is 1. The van der Waals surface area contributed by atoms with Crippen LogP contribution in [0.3, 0.4) is 0 Å². The van der Waals surface area contributed by atoms with E-state index in [9.17, 15) is 9.59 Å². The van der Waals surface area contributed by atoms with Crippen LogP contribution in [0.1, 0.15) is 64.9 Å². The van der Waals surface area contributed by atoms with E-state index in [2.05, 4.69) is 30.4 Å². The molecule has 1 saturated carbocycles. The molecule has 10 heteroatoms. The fraction of sp³-hybridized carbons (Fsp3) is 0.567. The minimum absolute atomic E-state index is 0.00700. The zero-order chi connectivity index (χ0) is 28.1. The smallest absolute Gasteiger partial charge is 0.214 e. The van der Waals surface area contributed by atoms with E-state index < -0.39 is 0 Å². The molecule has 1 aliphatic carbocycles. The van der Waals surface area contributed by atoms with Gasteiger partial charge < -0.3 is 20.4 Å². The van der Waals surface area contributed by atoms with Crippen LogP contribution >= 0.6 is 0 Å². The van der Waals surface area contributed by atoms with Crippen molar-refractivity contribution >= 4 is 40.9 Å². The second kappa shape index (κ2) is 12.9. The van der Waals surface area contributed by atoms with E-state index in [1.807, 2.05) is 31.0 Å². The average Bonchev–Trinajstić information content (AvgIpc) is 3.53. The van der Waals surface area contributed by atoms with Crippen molar-refractivity contribution in [2.24, 2.45) is 0 Å². The summed E-state index contributed by atoms with van der Waals surface area (Å²) < 4.78 is 0. The van der Waals surface area contributed by atoms with Crippen LogP contribution in [0.15, 0.2) is 30.2 Å². The molecule has 2 aromatic heterocycles. The maximum absolute atomic E-state index is 12.3. The molecule has 3 aliphatic rings. The summed E-state index contributed by atoms with van der Waals surface area (Å²) >= 11 is 0. The van der Waals surface area contributed by atoms with Crippen LogP contribution in [0.2, 0.25) is 0 Å². The molecule has 5 rings (SSSR count). The van der Waals surface area contributed by atoms with Gasteiger partial charge in [0.25, 0.3) is 0 Å². The molecule has 2 aliphatic heterocycles. The summed E-state index contributed by atoms with van der Waals surface area (Å²) in [7, 11) is 0. The van der Waals surface area contributed by atoms with Gasteiger partial charge in [-0.05, 0) is 57.6 Å². The minimum atomic E-state index is 0.00700. The number of anilines is 4. The molecule has 2 aromatic rings. The third-order valence-electron chi connectivity index (χ3n) is 8.84. The number of pyridine rings is 1. The summed E-state index contributed by atoms with van der Waals surface area (Å²) in [6.45, 7) is 11.7. The highest BCUT2D eigenvalue weighted by atomic mass is 16.1. The lowest BCUT2D eigenvalue weighted by atomic mass is 9.99. The van der Waals surface area contributed by atoms with Crippen molar-refractivity contribution in [3.63, 3.8) is 0 Å². The van der Waals surface area contributed by atoms with Gasteiger partial charge in [-0.2, -0.15) is 0 Å². The third-order valence-corrected chi connectivity index (χ3v) is 8.84. The Bertz CT molecular complexity index is 1210. The van der Waals surface area contributed by atoms with Crippen LogP contribution in [0, 0.1) is 0 Å². The summed E-state index contributed by atoms with van der Waals surface area (Å²) in [4.78, 5) is 45.1. The quantitative estimate of drug-likeness (QED) is 0.359. The number of hydrogen-bond acceptors (Lipinski definition) is 9. The largest absolute Gasteiger partial charge is 0.355 e. The first kappa shape index (κ1) is 28.2. The molecule has 2 N–H and O–H groups in total. The van der Waals surface area contributed by atoms with Crippen LogP contribution in [0.25, 0.3) is 5.57 Å². The first-order chi connectivity index (χ1) is 19.4. The Morgan fingerprint density at radius 3 is 2.27 bits per heavy atom. The van der Waals surface area contributed by atoms with Crippen molar-refractivity contribution in [3.8, 4) is 0 Å². The number of carbonyl (C=O) groups is 2. The monoisotopic (exact) mass is 546 g/mol. The lowest BCUT2D eigenvalue weighted by Crippen LogP contribution is -2.52. The summed E-state index contributed by atoms with van der Waals surface area (Å²) in [5, 5.41) is 6.71. The van der Waals surface area contributed by atoms with Crippen molar-refractivity contribution in [2.75, 3.05) is 54.4 Å². The predicted octanol–water partition coefficient (Wildman–Crippen LogP) is 3.78. The number of piperazine rings is 1. The zero-order valence-corrected chi connectivity index (χ0v) is 24.0. The van der Waals surface area contributed by atoms with E-state index in [1.165, 1.54) is 0 Å². The molecular weight excluding hydrogens is 504 g/mol. The predicted molar refractivity (Wildman–Crippen MR) is 159 cm³/mol. The topological polar surface area (TPSA) is 107 Å². The van der Waals surface area contributed by atoms with E-state index in [4.69, 9.17) is 4.98 Å². The Labute approximate surface area is 237 Å². The first-order valence-electron chi connectivity index (χ1n) is 14.7. The van der Waals surface area contributed by atoms with Gasteiger partial charge in [0.15, 0.2) is 5.78 Å². The molecule has 214 valence electrons. The van der Waals surface area contributed by atoms with Crippen molar-refractivity contribution in [3.05, 3.63) is 35.8 Å². The van der Waals surface area contributed by atoms with Gasteiger partial charge in [-0.3, -0.25) is 14.5 Å². The summed E-state index contributed by atoms with van der Waals surface area (Å²) in [6.07, 6.45) is 12.7. The van der Waals surface area contributed by atoms with Gasteiger partial charge in [0.1, 0.15) is 17.5 Å². The molecule has 0 radical (unpaired) electrons. The molecular formula is C30H42N8O2. The van der Waals surface area contributed by atoms with Gasteiger partial charge in [-0.25, -0.2) is 15.0 Å². The van der Waals surface area contributed by atoms with Crippen LogP contribution < -0.4 is 20.4 Å². The fourth-order valence-electron chi connectivity index (χ4n) is 6.19. The maximum Gasteiger partial charge on any atom is 0.214 e.